The molecular formula is C22H25ClN3O4P. The number of rotatable bonds is 9. The van der Waals surface area contributed by atoms with Gasteiger partial charge in [0.1, 0.15) is 0 Å². The van der Waals surface area contributed by atoms with Crippen LogP contribution in [0.1, 0.15) is 17.5 Å². The zero-order valence-corrected chi connectivity index (χ0v) is 19.3. The molecule has 164 valence electrons. The maximum absolute atomic E-state index is 12.5. The quantitative estimate of drug-likeness (QED) is 0.437. The number of nitrogens with zero attached hydrogens (tertiary/aromatic N) is 2. The van der Waals surface area contributed by atoms with Gasteiger partial charge in [0.05, 0.1) is 18.1 Å². The van der Waals surface area contributed by atoms with Gasteiger partial charge in [0, 0.05) is 44.0 Å². The molecule has 31 heavy (non-hydrogen) atoms. The van der Waals surface area contributed by atoms with Gasteiger partial charge in [0.2, 0.25) is 5.91 Å². The van der Waals surface area contributed by atoms with Gasteiger partial charge >= 0.3 is 7.60 Å². The van der Waals surface area contributed by atoms with Crippen LogP contribution in [0.2, 0.25) is 5.02 Å². The van der Waals surface area contributed by atoms with E-state index in [0.29, 0.717) is 23.6 Å². The summed E-state index contributed by atoms with van der Waals surface area (Å²) in [6.07, 6.45) is 2.83. The average molecular weight is 462 g/mol. The van der Waals surface area contributed by atoms with E-state index in [2.05, 4.69) is 10.4 Å². The number of carbonyl (C=O) groups excluding carboxylic acids is 1. The normalized spacial score (nSPS) is 11.5. The summed E-state index contributed by atoms with van der Waals surface area (Å²) in [6.45, 7) is 0. The topological polar surface area (TPSA) is 82.5 Å². The number of anilines is 1. The van der Waals surface area contributed by atoms with Gasteiger partial charge in [-0.2, -0.15) is 5.10 Å². The minimum absolute atomic E-state index is 0.0990. The van der Waals surface area contributed by atoms with Gasteiger partial charge in [-0.05, 0) is 41.8 Å². The second-order valence-electron chi connectivity index (χ2n) is 7.03. The molecule has 3 aromatic rings. The molecule has 7 nitrogen and oxygen atoms in total. The monoisotopic (exact) mass is 461 g/mol. The highest BCUT2D eigenvalue weighted by Crippen LogP contribution is 2.49. The van der Waals surface area contributed by atoms with E-state index in [9.17, 15) is 9.36 Å². The third kappa shape index (κ3) is 6.05. The summed E-state index contributed by atoms with van der Waals surface area (Å²) in [5.41, 5.74) is 4.43. The van der Waals surface area contributed by atoms with Crippen LogP contribution in [0.3, 0.4) is 0 Å². The zero-order valence-electron chi connectivity index (χ0n) is 17.7. The lowest BCUT2D eigenvalue weighted by atomic mass is 10.0. The van der Waals surface area contributed by atoms with Crippen molar-refractivity contribution in [3.8, 4) is 11.3 Å². The van der Waals surface area contributed by atoms with E-state index in [1.165, 1.54) is 14.2 Å². The first-order valence-corrected chi connectivity index (χ1v) is 11.8. The van der Waals surface area contributed by atoms with Crippen molar-refractivity contribution in [3.05, 3.63) is 70.9 Å². The zero-order chi connectivity index (χ0) is 22.4. The van der Waals surface area contributed by atoms with E-state index in [1.807, 2.05) is 31.3 Å². The van der Waals surface area contributed by atoms with Crippen LogP contribution in [0.15, 0.2) is 54.7 Å². The lowest BCUT2D eigenvalue weighted by Gasteiger charge is -2.13. The van der Waals surface area contributed by atoms with Crippen LogP contribution in [0.25, 0.3) is 11.3 Å². The maximum atomic E-state index is 12.5. The Labute approximate surface area is 186 Å². The van der Waals surface area contributed by atoms with Crippen molar-refractivity contribution < 1.29 is 18.4 Å². The van der Waals surface area contributed by atoms with Gasteiger partial charge in [-0.3, -0.25) is 14.0 Å². The molecule has 2 aromatic carbocycles. The number of amides is 1. The molecule has 1 amide bonds. The number of carbonyl (C=O) groups is 1. The molecule has 1 N–H and O–H groups in total. The summed E-state index contributed by atoms with van der Waals surface area (Å²) >= 11 is 5.99. The van der Waals surface area contributed by atoms with Crippen molar-refractivity contribution in [1.29, 1.82) is 0 Å². The summed E-state index contributed by atoms with van der Waals surface area (Å²) in [5, 5.41) is 7.90. The Morgan fingerprint density at radius 1 is 1.10 bits per heavy atom. The Balaban J connectivity index is 1.60. The minimum Gasteiger partial charge on any atom is -0.326 e. The second kappa shape index (κ2) is 10.2. The first-order valence-electron chi connectivity index (χ1n) is 9.69. The summed E-state index contributed by atoms with van der Waals surface area (Å²) in [7, 11) is 1.47. The predicted molar refractivity (Wildman–Crippen MR) is 122 cm³/mol. The number of aryl methyl sites for hydroxylation is 2. The molecule has 9 heteroatoms. The number of hydrogen-bond acceptors (Lipinski definition) is 5. The van der Waals surface area contributed by atoms with Crippen LogP contribution >= 0.6 is 19.2 Å². The average Bonchev–Trinajstić information content (AvgIpc) is 3.14. The summed E-state index contributed by atoms with van der Waals surface area (Å²) < 4.78 is 23.9. The van der Waals surface area contributed by atoms with Gasteiger partial charge in [-0.1, -0.05) is 35.9 Å². The van der Waals surface area contributed by atoms with Crippen molar-refractivity contribution in [2.24, 2.45) is 7.05 Å². The van der Waals surface area contributed by atoms with Gasteiger partial charge < -0.3 is 14.4 Å². The Kier molecular flexibility index (Phi) is 7.68. The van der Waals surface area contributed by atoms with Gasteiger partial charge in [0.15, 0.2) is 0 Å². The fraction of sp³-hybridized carbons (Fsp3) is 0.273. The van der Waals surface area contributed by atoms with Crippen molar-refractivity contribution in [1.82, 2.24) is 9.78 Å². The first kappa shape index (κ1) is 23.2. The molecule has 0 aliphatic heterocycles. The van der Waals surface area contributed by atoms with Crippen LogP contribution in [-0.2, 0) is 38.0 Å². The SMILES string of the molecule is COP(=O)(Cc1ccc(NC(=O)CCc2cnn(C)c2-c2ccc(Cl)cc2)cc1)OC. The third-order valence-electron chi connectivity index (χ3n) is 4.92. The minimum atomic E-state index is -3.12. The standard InChI is InChI=1S/C22H25ClN3O4P/c1-26-22(17-6-9-19(23)10-7-17)18(14-24-26)8-13-21(27)25-20-11-4-16(5-12-20)15-31(28,29-2)30-3/h4-7,9-12,14H,8,13,15H2,1-3H3,(H,25,27). The Bertz CT molecular complexity index is 1070. The number of nitrogens with one attached hydrogen (secondary N) is 1. The predicted octanol–water partition coefficient (Wildman–Crippen LogP) is 5.30. The van der Waals surface area contributed by atoms with Gasteiger partial charge in [-0.15, -0.1) is 0 Å². The fourth-order valence-electron chi connectivity index (χ4n) is 3.24. The van der Waals surface area contributed by atoms with Crippen LogP contribution in [0.5, 0.6) is 0 Å². The molecule has 0 atom stereocenters. The van der Waals surface area contributed by atoms with Crippen LogP contribution in [0.4, 0.5) is 5.69 Å². The number of halogens is 1. The lowest BCUT2D eigenvalue weighted by molar-refractivity contribution is -0.116. The molecule has 0 aliphatic rings. The summed E-state index contributed by atoms with van der Waals surface area (Å²) in [6, 6.07) is 14.7. The van der Waals surface area contributed by atoms with E-state index < -0.39 is 7.60 Å². The summed E-state index contributed by atoms with van der Waals surface area (Å²) in [5.74, 6) is -0.0990. The lowest BCUT2D eigenvalue weighted by Crippen LogP contribution is -2.12. The van der Waals surface area contributed by atoms with Crippen molar-refractivity contribution in [2.75, 3.05) is 19.5 Å². The summed E-state index contributed by atoms with van der Waals surface area (Å²) in [4.78, 5) is 12.5. The number of hydrogen-bond donors (Lipinski definition) is 1. The maximum Gasteiger partial charge on any atom is 0.334 e. The molecule has 1 aromatic heterocycles. The van der Waals surface area contributed by atoms with E-state index in [4.69, 9.17) is 20.6 Å². The fourth-order valence-corrected chi connectivity index (χ4v) is 4.43. The Morgan fingerprint density at radius 3 is 2.35 bits per heavy atom. The van der Waals surface area contributed by atoms with Crippen molar-refractivity contribution in [3.63, 3.8) is 0 Å². The molecule has 0 radical (unpaired) electrons. The molecule has 0 saturated heterocycles. The van der Waals surface area contributed by atoms with Crippen LogP contribution in [0, 0.1) is 0 Å². The highest BCUT2D eigenvalue weighted by molar-refractivity contribution is 7.52. The highest BCUT2D eigenvalue weighted by Gasteiger charge is 2.21. The number of benzene rings is 2. The van der Waals surface area contributed by atoms with Crippen LogP contribution in [-0.4, -0.2) is 29.9 Å². The van der Waals surface area contributed by atoms with E-state index in [-0.39, 0.29) is 12.1 Å². The van der Waals surface area contributed by atoms with Crippen molar-refractivity contribution >= 4 is 30.8 Å². The molecular weight excluding hydrogens is 437 g/mol. The molecule has 0 unspecified atom stereocenters. The first-order chi connectivity index (χ1) is 14.8. The largest absolute Gasteiger partial charge is 0.334 e. The molecule has 0 bridgehead atoms. The molecule has 0 saturated carbocycles. The smallest absolute Gasteiger partial charge is 0.326 e. The van der Waals surface area contributed by atoms with Gasteiger partial charge in [0.25, 0.3) is 0 Å². The Morgan fingerprint density at radius 2 is 1.74 bits per heavy atom. The van der Waals surface area contributed by atoms with Crippen LogP contribution < -0.4 is 5.32 Å². The highest BCUT2D eigenvalue weighted by atomic mass is 35.5. The molecule has 3 rings (SSSR count). The Hall–Kier alpha value is -2.44. The molecule has 0 spiro atoms. The number of aromatic nitrogens is 2. The third-order valence-corrected chi connectivity index (χ3v) is 7.04. The molecule has 1 heterocycles. The van der Waals surface area contributed by atoms with E-state index >= 15 is 0 Å². The van der Waals surface area contributed by atoms with E-state index in [0.717, 1.165) is 22.4 Å². The van der Waals surface area contributed by atoms with E-state index in [1.54, 1.807) is 35.1 Å². The van der Waals surface area contributed by atoms with Crippen molar-refractivity contribution in [2.45, 2.75) is 19.0 Å². The second-order valence-corrected chi connectivity index (χ2v) is 9.73. The molecule has 0 aliphatic carbocycles. The van der Waals surface area contributed by atoms with Gasteiger partial charge in [-0.25, -0.2) is 0 Å². The molecule has 0 fully saturated rings.